The molecule has 1 heterocycles. The molecule has 0 aliphatic rings. The molecule has 34 heavy (non-hydrogen) atoms. The van der Waals surface area contributed by atoms with Crippen LogP contribution in [-0.2, 0) is 15.7 Å². The van der Waals surface area contributed by atoms with Gasteiger partial charge in [0.05, 0.1) is 23.9 Å². The third-order valence-corrected chi connectivity index (χ3v) is 4.96. The van der Waals surface area contributed by atoms with Crippen LogP contribution in [0.5, 0.6) is 17.2 Å². The lowest BCUT2D eigenvalue weighted by Crippen LogP contribution is -2.27. The summed E-state index contributed by atoms with van der Waals surface area (Å²) in [7, 11) is 1.20. The summed E-state index contributed by atoms with van der Waals surface area (Å²) in [6.07, 6.45) is -5.34. The average molecular weight is 501 g/mol. The molecule has 3 aromatic rings. The summed E-state index contributed by atoms with van der Waals surface area (Å²) >= 11 is 6.09. The zero-order chi connectivity index (χ0) is 25.2. The van der Waals surface area contributed by atoms with E-state index >= 15 is 0 Å². The molecule has 0 saturated carbocycles. The molecule has 0 radical (unpaired) electrons. The van der Waals surface area contributed by atoms with Crippen molar-refractivity contribution >= 4 is 17.6 Å². The summed E-state index contributed by atoms with van der Waals surface area (Å²) < 4.78 is 70.2. The van der Waals surface area contributed by atoms with Gasteiger partial charge in [-0.1, -0.05) is 23.7 Å². The molecule has 0 aliphatic heterocycles. The van der Waals surface area contributed by atoms with Gasteiger partial charge in [-0.15, -0.1) is 0 Å². The first-order valence-corrected chi connectivity index (χ1v) is 9.98. The van der Waals surface area contributed by atoms with Gasteiger partial charge in [-0.3, -0.25) is 4.79 Å². The van der Waals surface area contributed by atoms with Crippen molar-refractivity contribution in [3.8, 4) is 22.9 Å². The summed E-state index contributed by atoms with van der Waals surface area (Å²) in [6.45, 7) is 2.42. The number of benzene rings is 2. The van der Waals surface area contributed by atoms with Gasteiger partial charge in [-0.2, -0.15) is 23.0 Å². The normalized spacial score (nSPS) is 12.2. The van der Waals surface area contributed by atoms with Crippen LogP contribution in [0.3, 0.4) is 0 Å². The van der Waals surface area contributed by atoms with Gasteiger partial charge in [0, 0.05) is 11.6 Å². The van der Waals surface area contributed by atoms with Gasteiger partial charge < -0.3 is 14.2 Å². The smallest absolute Gasteiger partial charge is 0.418 e. The van der Waals surface area contributed by atoms with E-state index in [0.29, 0.717) is 10.9 Å². The maximum atomic E-state index is 14.6. The number of para-hydroxylation sites is 2. The van der Waals surface area contributed by atoms with Crippen LogP contribution in [0, 0.1) is 12.7 Å². The third kappa shape index (κ3) is 5.14. The van der Waals surface area contributed by atoms with E-state index in [-0.39, 0.29) is 22.3 Å². The molecule has 7 nitrogen and oxygen atoms in total. The molecule has 0 bridgehead atoms. The van der Waals surface area contributed by atoms with Gasteiger partial charge in [0.2, 0.25) is 0 Å². The molecule has 1 unspecified atom stereocenters. The van der Waals surface area contributed by atoms with Crippen molar-refractivity contribution in [2.24, 2.45) is 0 Å². The highest BCUT2D eigenvalue weighted by Gasteiger charge is 2.34. The van der Waals surface area contributed by atoms with Crippen LogP contribution in [0.25, 0.3) is 5.69 Å². The Balaban J connectivity index is 2.03. The van der Waals surface area contributed by atoms with Crippen molar-refractivity contribution in [3.63, 3.8) is 0 Å². The molecule has 1 aromatic heterocycles. The number of alkyl halides is 3. The first-order chi connectivity index (χ1) is 15.9. The number of esters is 1. The predicted octanol–water partition coefficient (Wildman–Crippen LogP) is 5.08. The lowest BCUT2D eigenvalue weighted by molar-refractivity contribution is -0.148. The average Bonchev–Trinajstić information content (AvgIpc) is 2.77. The molecule has 0 amide bonds. The Labute approximate surface area is 195 Å². The fourth-order valence-electron chi connectivity index (χ4n) is 2.91. The number of aromatic nitrogens is 2. The molecule has 0 fully saturated rings. The Hall–Kier alpha value is -3.60. The topological polar surface area (TPSA) is 79.7 Å². The first-order valence-electron chi connectivity index (χ1n) is 9.61. The fraction of sp³-hybridized carbons (Fsp3) is 0.227. The standard InChI is InChI=1S/C22H17ClF4N2O5/c1-11-13(22(25,26)27)10-28-29(20(11)30)16-9-19(14(23)8-15(16)24)34-18-7-5-4-6-17(18)33-12(2)21(31)32-3/h4-10,12H,1-3H3. The van der Waals surface area contributed by atoms with Gasteiger partial charge in [0.1, 0.15) is 11.4 Å². The molecule has 1 atom stereocenters. The molecule has 0 spiro atoms. The Bertz CT molecular complexity index is 1290. The Kier molecular flexibility index (Phi) is 7.15. The minimum Gasteiger partial charge on any atom is -0.475 e. The van der Waals surface area contributed by atoms with Gasteiger partial charge in [-0.25, -0.2) is 9.18 Å². The zero-order valence-electron chi connectivity index (χ0n) is 17.9. The lowest BCUT2D eigenvalue weighted by Gasteiger charge is -2.17. The number of hydrogen-bond acceptors (Lipinski definition) is 6. The second-order valence-corrected chi connectivity index (χ2v) is 7.37. The largest absolute Gasteiger partial charge is 0.475 e. The maximum absolute atomic E-state index is 14.6. The summed E-state index contributed by atoms with van der Waals surface area (Å²) in [5, 5.41) is 3.27. The molecular formula is C22H17ClF4N2O5. The highest BCUT2D eigenvalue weighted by Crippen LogP contribution is 2.37. The third-order valence-electron chi connectivity index (χ3n) is 4.66. The number of hydrogen-bond donors (Lipinski definition) is 0. The summed E-state index contributed by atoms with van der Waals surface area (Å²) in [5.41, 5.74) is -3.54. The molecular weight excluding hydrogens is 484 g/mol. The first kappa shape index (κ1) is 25.0. The van der Waals surface area contributed by atoms with Gasteiger partial charge in [0.25, 0.3) is 5.56 Å². The number of halogens is 5. The van der Waals surface area contributed by atoms with E-state index < -0.39 is 46.4 Å². The minimum atomic E-state index is -4.80. The van der Waals surface area contributed by atoms with E-state index in [1.807, 2.05) is 0 Å². The fourth-order valence-corrected chi connectivity index (χ4v) is 3.10. The van der Waals surface area contributed by atoms with Crippen LogP contribution in [-0.4, -0.2) is 29.0 Å². The second-order valence-electron chi connectivity index (χ2n) is 6.96. The number of nitrogens with zero attached hydrogens (tertiary/aromatic N) is 2. The quantitative estimate of drug-likeness (QED) is 0.347. The highest BCUT2D eigenvalue weighted by molar-refractivity contribution is 6.32. The molecule has 0 aliphatic carbocycles. The molecule has 3 rings (SSSR count). The van der Waals surface area contributed by atoms with Crippen LogP contribution >= 0.6 is 11.6 Å². The van der Waals surface area contributed by atoms with E-state index in [0.717, 1.165) is 19.1 Å². The highest BCUT2D eigenvalue weighted by atomic mass is 35.5. The van der Waals surface area contributed by atoms with E-state index in [4.69, 9.17) is 21.1 Å². The van der Waals surface area contributed by atoms with Gasteiger partial charge >= 0.3 is 12.1 Å². The summed E-state index contributed by atoms with van der Waals surface area (Å²) in [5.74, 6) is -1.59. The van der Waals surface area contributed by atoms with Crippen LogP contribution < -0.4 is 15.0 Å². The van der Waals surface area contributed by atoms with Crippen molar-refractivity contribution < 1.29 is 36.6 Å². The van der Waals surface area contributed by atoms with Crippen LogP contribution in [0.2, 0.25) is 5.02 Å². The van der Waals surface area contributed by atoms with Crippen molar-refractivity contribution in [3.05, 3.63) is 74.9 Å². The maximum Gasteiger partial charge on any atom is 0.418 e. The summed E-state index contributed by atoms with van der Waals surface area (Å²) in [6, 6.07) is 8.02. The molecule has 12 heteroatoms. The van der Waals surface area contributed by atoms with Crippen molar-refractivity contribution in [2.45, 2.75) is 26.1 Å². The van der Waals surface area contributed by atoms with Gasteiger partial charge in [0.15, 0.2) is 23.4 Å². The predicted molar refractivity (Wildman–Crippen MR) is 113 cm³/mol. The molecule has 0 saturated heterocycles. The molecule has 0 N–H and O–H groups in total. The summed E-state index contributed by atoms with van der Waals surface area (Å²) in [4.78, 5) is 24.2. The Morgan fingerprint density at radius 2 is 1.79 bits per heavy atom. The number of methoxy groups -OCH3 is 1. The van der Waals surface area contributed by atoms with Crippen LogP contribution in [0.4, 0.5) is 17.6 Å². The van der Waals surface area contributed by atoms with E-state index in [9.17, 15) is 27.2 Å². The zero-order valence-corrected chi connectivity index (χ0v) is 18.7. The number of carbonyl (C=O) groups excluding carboxylic acids is 1. The van der Waals surface area contributed by atoms with E-state index in [2.05, 4.69) is 9.84 Å². The van der Waals surface area contributed by atoms with Crippen LogP contribution in [0.15, 0.2) is 47.4 Å². The van der Waals surface area contributed by atoms with Crippen molar-refractivity contribution in [1.29, 1.82) is 0 Å². The lowest BCUT2D eigenvalue weighted by atomic mass is 10.2. The molecule has 180 valence electrons. The number of carbonyl (C=O) groups is 1. The van der Waals surface area contributed by atoms with Crippen LogP contribution in [0.1, 0.15) is 18.1 Å². The Morgan fingerprint density at radius 1 is 1.15 bits per heavy atom. The van der Waals surface area contributed by atoms with Crippen molar-refractivity contribution in [2.75, 3.05) is 7.11 Å². The monoisotopic (exact) mass is 500 g/mol. The van der Waals surface area contributed by atoms with E-state index in [1.54, 1.807) is 12.1 Å². The number of rotatable bonds is 6. The molecule has 2 aromatic carbocycles. The van der Waals surface area contributed by atoms with E-state index in [1.165, 1.54) is 26.2 Å². The second kappa shape index (κ2) is 9.72. The number of ether oxygens (including phenoxy) is 3. The Morgan fingerprint density at radius 3 is 2.41 bits per heavy atom. The van der Waals surface area contributed by atoms with Crippen molar-refractivity contribution in [1.82, 2.24) is 9.78 Å². The van der Waals surface area contributed by atoms with Gasteiger partial charge in [-0.05, 0) is 32.0 Å². The minimum absolute atomic E-state index is 0.0848. The SMILES string of the molecule is COC(=O)C(C)Oc1ccccc1Oc1cc(-n2ncc(C(F)(F)F)c(C)c2=O)c(F)cc1Cl.